The van der Waals surface area contributed by atoms with Gasteiger partial charge in [-0.1, -0.05) is 30.3 Å². The fourth-order valence-corrected chi connectivity index (χ4v) is 2.65. The number of nitrogens with zero attached hydrogens (tertiary/aromatic N) is 1. The molecule has 0 aliphatic carbocycles. The van der Waals surface area contributed by atoms with Gasteiger partial charge in [-0.25, -0.2) is 4.98 Å². The first-order valence-electron chi connectivity index (χ1n) is 6.08. The third-order valence-corrected chi connectivity index (χ3v) is 4.09. The van der Waals surface area contributed by atoms with Crippen LogP contribution in [0.15, 0.2) is 58.2 Å². The Morgan fingerprint density at radius 2 is 1.95 bits per heavy atom. The zero-order chi connectivity index (χ0) is 13.5. The molecule has 2 aromatic rings. The van der Waals surface area contributed by atoms with Crippen LogP contribution < -0.4 is 0 Å². The van der Waals surface area contributed by atoms with Crippen LogP contribution >= 0.6 is 27.7 Å². The lowest BCUT2D eigenvalue weighted by atomic mass is 10.1. The molecule has 0 unspecified atom stereocenters. The molecule has 1 aromatic carbocycles. The number of aromatic nitrogens is 1. The Kier molecular flexibility index (Phi) is 5.61. The van der Waals surface area contributed by atoms with Gasteiger partial charge < -0.3 is 0 Å². The molecule has 2 rings (SSSR count). The van der Waals surface area contributed by atoms with Crippen LogP contribution in [0.1, 0.15) is 23.2 Å². The summed E-state index contributed by atoms with van der Waals surface area (Å²) in [6.07, 6.45) is 3.25. The molecule has 0 N–H and O–H groups in total. The highest BCUT2D eigenvalue weighted by Gasteiger charge is 2.04. The summed E-state index contributed by atoms with van der Waals surface area (Å²) in [4.78, 5) is 16.2. The minimum absolute atomic E-state index is 0.213. The summed E-state index contributed by atoms with van der Waals surface area (Å²) in [7, 11) is 0. The Hall–Kier alpha value is -1.13. The lowest BCUT2D eigenvalue weighted by Crippen LogP contribution is -1.99. The van der Waals surface area contributed by atoms with Crippen LogP contribution in [0.4, 0.5) is 0 Å². The number of pyridine rings is 1. The van der Waals surface area contributed by atoms with E-state index in [0.717, 1.165) is 27.2 Å². The van der Waals surface area contributed by atoms with Crippen molar-refractivity contribution in [3.05, 3.63) is 58.7 Å². The van der Waals surface area contributed by atoms with Crippen molar-refractivity contribution >= 4 is 33.5 Å². The fraction of sp³-hybridized carbons (Fsp3) is 0.200. The van der Waals surface area contributed by atoms with Crippen LogP contribution in [0.25, 0.3) is 0 Å². The van der Waals surface area contributed by atoms with Crippen LogP contribution in [0.5, 0.6) is 0 Å². The lowest BCUT2D eigenvalue weighted by molar-refractivity contribution is 0.0982. The molecule has 0 saturated carbocycles. The van der Waals surface area contributed by atoms with Crippen molar-refractivity contribution in [2.75, 3.05) is 5.75 Å². The SMILES string of the molecule is O=C(CCCSc1ccc(Br)cn1)c1ccccc1. The van der Waals surface area contributed by atoms with Gasteiger partial charge >= 0.3 is 0 Å². The molecule has 0 spiro atoms. The van der Waals surface area contributed by atoms with Crippen molar-refractivity contribution < 1.29 is 4.79 Å². The second-order valence-electron chi connectivity index (χ2n) is 4.06. The van der Waals surface area contributed by atoms with E-state index < -0.39 is 0 Å². The van der Waals surface area contributed by atoms with Gasteiger partial charge in [0.15, 0.2) is 5.78 Å². The quantitative estimate of drug-likeness (QED) is 0.439. The van der Waals surface area contributed by atoms with E-state index >= 15 is 0 Å². The van der Waals surface area contributed by atoms with Gasteiger partial charge in [0.2, 0.25) is 0 Å². The van der Waals surface area contributed by atoms with Crippen LogP contribution in [-0.4, -0.2) is 16.5 Å². The lowest BCUT2D eigenvalue weighted by Gasteiger charge is -2.02. The second kappa shape index (κ2) is 7.46. The zero-order valence-corrected chi connectivity index (χ0v) is 12.8. The Labute approximate surface area is 125 Å². The second-order valence-corrected chi connectivity index (χ2v) is 6.09. The van der Waals surface area contributed by atoms with Crippen LogP contribution in [0, 0.1) is 0 Å². The first kappa shape index (κ1) is 14.3. The number of benzene rings is 1. The Bertz CT molecular complexity index is 528. The summed E-state index contributed by atoms with van der Waals surface area (Å²) < 4.78 is 0.983. The van der Waals surface area contributed by atoms with E-state index in [0.29, 0.717) is 6.42 Å². The zero-order valence-electron chi connectivity index (χ0n) is 10.4. The number of ketones is 1. The number of carbonyl (C=O) groups is 1. The topological polar surface area (TPSA) is 30.0 Å². The standard InChI is InChI=1S/C15H14BrNOS/c16-13-8-9-15(17-11-13)19-10-4-7-14(18)12-5-2-1-3-6-12/h1-3,5-6,8-9,11H,4,7,10H2. The number of rotatable bonds is 6. The molecule has 0 aliphatic heterocycles. The van der Waals surface area contributed by atoms with Crippen LogP contribution in [0.3, 0.4) is 0 Å². The molecule has 4 heteroatoms. The van der Waals surface area contributed by atoms with E-state index in [2.05, 4.69) is 20.9 Å². The first-order chi connectivity index (χ1) is 9.25. The van der Waals surface area contributed by atoms with Gasteiger partial charge in [-0.3, -0.25) is 4.79 Å². The fourth-order valence-electron chi connectivity index (χ4n) is 1.63. The normalized spacial score (nSPS) is 10.4. The molecule has 0 atom stereocenters. The molecule has 1 heterocycles. The van der Waals surface area contributed by atoms with Gasteiger partial charge in [0.25, 0.3) is 0 Å². The largest absolute Gasteiger partial charge is 0.294 e. The summed E-state index contributed by atoms with van der Waals surface area (Å²) >= 11 is 5.04. The minimum atomic E-state index is 0.213. The summed E-state index contributed by atoms with van der Waals surface area (Å²) in [5.74, 6) is 1.12. The summed E-state index contributed by atoms with van der Waals surface area (Å²) in [6, 6.07) is 13.4. The average molecular weight is 336 g/mol. The Morgan fingerprint density at radius 1 is 1.16 bits per heavy atom. The van der Waals surface area contributed by atoms with Crippen LogP contribution in [0.2, 0.25) is 0 Å². The molecule has 0 amide bonds. The molecule has 1 aromatic heterocycles. The highest BCUT2D eigenvalue weighted by Crippen LogP contribution is 2.19. The van der Waals surface area contributed by atoms with Crippen molar-refractivity contribution in [2.24, 2.45) is 0 Å². The molecular weight excluding hydrogens is 322 g/mol. The monoisotopic (exact) mass is 335 g/mol. The van der Waals surface area contributed by atoms with E-state index in [1.54, 1.807) is 18.0 Å². The van der Waals surface area contributed by atoms with E-state index in [-0.39, 0.29) is 5.78 Å². The third-order valence-electron chi connectivity index (χ3n) is 2.59. The molecule has 0 bridgehead atoms. The van der Waals surface area contributed by atoms with Gasteiger partial charge in [0.05, 0.1) is 5.03 Å². The number of Topliss-reactive ketones (excluding diaryl/α,β-unsaturated/α-hetero) is 1. The molecule has 0 aliphatic rings. The van der Waals surface area contributed by atoms with Crippen molar-refractivity contribution in [1.29, 1.82) is 0 Å². The first-order valence-corrected chi connectivity index (χ1v) is 7.86. The number of hydrogen-bond donors (Lipinski definition) is 0. The number of thioether (sulfide) groups is 1. The molecule has 98 valence electrons. The minimum Gasteiger partial charge on any atom is -0.294 e. The number of hydrogen-bond acceptors (Lipinski definition) is 3. The van der Waals surface area contributed by atoms with E-state index in [1.165, 1.54) is 0 Å². The predicted octanol–water partition coefficient (Wildman–Crippen LogP) is 4.60. The van der Waals surface area contributed by atoms with E-state index in [1.807, 2.05) is 42.5 Å². The van der Waals surface area contributed by atoms with Crippen molar-refractivity contribution in [3.63, 3.8) is 0 Å². The summed E-state index contributed by atoms with van der Waals surface area (Å²) in [5.41, 5.74) is 0.800. The van der Waals surface area contributed by atoms with E-state index in [4.69, 9.17) is 0 Å². The maximum Gasteiger partial charge on any atom is 0.162 e. The van der Waals surface area contributed by atoms with Gasteiger partial charge in [-0.05, 0) is 40.2 Å². The highest BCUT2D eigenvalue weighted by atomic mass is 79.9. The number of halogens is 1. The number of carbonyl (C=O) groups excluding carboxylic acids is 1. The smallest absolute Gasteiger partial charge is 0.162 e. The molecule has 19 heavy (non-hydrogen) atoms. The van der Waals surface area contributed by atoms with Gasteiger partial charge in [-0.2, -0.15) is 0 Å². The van der Waals surface area contributed by atoms with Crippen molar-refractivity contribution in [2.45, 2.75) is 17.9 Å². The third kappa shape index (κ3) is 4.80. The Morgan fingerprint density at radius 3 is 2.63 bits per heavy atom. The van der Waals surface area contributed by atoms with E-state index in [9.17, 15) is 4.79 Å². The Balaban J connectivity index is 1.72. The molecule has 0 fully saturated rings. The maximum absolute atomic E-state index is 11.9. The van der Waals surface area contributed by atoms with Gasteiger partial charge in [-0.15, -0.1) is 11.8 Å². The maximum atomic E-state index is 11.9. The highest BCUT2D eigenvalue weighted by molar-refractivity contribution is 9.10. The van der Waals surface area contributed by atoms with Crippen molar-refractivity contribution in [3.8, 4) is 0 Å². The summed E-state index contributed by atoms with van der Waals surface area (Å²) in [5, 5.41) is 0.996. The van der Waals surface area contributed by atoms with Crippen LogP contribution in [-0.2, 0) is 0 Å². The average Bonchev–Trinajstić information content (AvgIpc) is 2.46. The molecule has 0 saturated heterocycles. The molecule has 0 radical (unpaired) electrons. The van der Waals surface area contributed by atoms with Gasteiger partial charge in [0, 0.05) is 22.7 Å². The van der Waals surface area contributed by atoms with Crippen molar-refractivity contribution in [1.82, 2.24) is 4.98 Å². The molecular formula is C15H14BrNOS. The predicted molar refractivity (Wildman–Crippen MR) is 82.7 cm³/mol. The molecule has 2 nitrogen and oxygen atoms in total. The summed E-state index contributed by atoms with van der Waals surface area (Å²) in [6.45, 7) is 0. The van der Waals surface area contributed by atoms with Gasteiger partial charge in [0.1, 0.15) is 0 Å².